The first-order chi connectivity index (χ1) is 20.9. The molecule has 1 aromatic rings. The molecule has 0 bridgehead atoms. The first-order valence-electron chi connectivity index (χ1n) is 16.1. The number of benzene rings is 1. The van der Waals surface area contributed by atoms with Crippen LogP contribution in [0.1, 0.15) is 61.1 Å². The molecule has 0 aromatic heterocycles. The summed E-state index contributed by atoms with van der Waals surface area (Å²) in [7, 11) is 0. The van der Waals surface area contributed by atoms with Crippen molar-refractivity contribution in [3.63, 3.8) is 0 Å². The molecule has 9 rings (SSSR count). The van der Waals surface area contributed by atoms with Crippen LogP contribution in [0.5, 0.6) is 0 Å². The molecule has 5 fully saturated rings. The molecule has 43 heavy (non-hydrogen) atoms. The Morgan fingerprint density at radius 1 is 1.14 bits per heavy atom. The fourth-order valence-electron chi connectivity index (χ4n) is 9.44. The predicted molar refractivity (Wildman–Crippen MR) is 160 cm³/mol. The van der Waals surface area contributed by atoms with E-state index in [1.165, 1.54) is 30.4 Å². The highest BCUT2D eigenvalue weighted by Crippen LogP contribution is 2.58. The Labute approximate surface area is 250 Å². The van der Waals surface area contributed by atoms with E-state index in [1.807, 2.05) is 6.08 Å². The summed E-state index contributed by atoms with van der Waals surface area (Å²) in [6, 6.07) is 6.24. The quantitative estimate of drug-likeness (QED) is 0.478. The maximum atomic E-state index is 16.1. The van der Waals surface area contributed by atoms with E-state index in [-0.39, 0.29) is 35.4 Å². The molecule has 3 aliphatic carbocycles. The molecule has 9 heteroatoms. The number of hydrogen-bond donors (Lipinski definition) is 0. The van der Waals surface area contributed by atoms with Crippen LogP contribution in [0.2, 0.25) is 0 Å². The number of ether oxygens (including phenoxy) is 1. The Morgan fingerprint density at radius 3 is 2.79 bits per heavy atom. The predicted octanol–water partition coefficient (Wildman–Crippen LogP) is 4.76. The van der Waals surface area contributed by atoms with E-state index < -0.39 is 11.7 Å². The SMILES string of the molecule is C=C(F)C(=O)N1CC[C@@H]2[C@H]1CN2C1=NC(OCC23CCCN2CCC3)=NC2C=C(c3cccc4c3C3CC3C4)C(F)=CC12. The van der Waals surface area contributed by atoms with Crippen molar-refractivity contribution in [2.75, 3.05) is 32.8 Å². The van der Waals surface area contributed by atoms with E-state index in [0.717, 1.165) is 43.8 Å². The molecule has 0 N–H and O–H groups in total. The Balaban J connectivity index is 1.04. The monoisotopic (exact) mass is 585 g/mol. The van der Waals surface area contributed by atoms with Crippen molar-refractivity contribution in [3.8, 4) is 0 Å². The van der Waals surface area contributed by atoms with Gasteiger partial charge in [-0.15, -0.1) is 0 Å². The summed E-state index contributed by atoms with van der Waals surface area (Å²) in [5, 5.41) is 0. The third kappa shape index (κ3) is 3.89. The molecule has 0 radical (unpaired) electrons. The van der Waals surface area contributed by atoms with Gasteiger partial charge in [0.15, 0.2) is 5.83 Å². The van der Waals surface area contributed by atoms with E-state index >= 15 is 4.39 Å². The van der Waals surface area contributed by atoms with Gasteiger partial charge in [0, 0.05) is 18.7 Å². The van der Waals surface area contributed by atoms with Crippen LogP contribution in [0.25, 0.3) is 5.57 Å². The minimum absolute atomic E-state index is 0.00632. The standard InChI is InChI=1S/C34H37F2N5O2/c1-19(35)32(42)40-12-7-28-29(40)17-41(28)31-25-15-26(36)24(22-6-2-5-20-13-21-14-23(21)30(20)22)16-27(25)37-33(38-31)43-18-34-8-3-10-39(34)11-4-9-34/h2,5-6,15-16,21,23,25,27-29H,1,3-4,7-14,17-18H2/t21?,23?,25?,27?,28-,29-/m1/s1. The van der Waals surface area contributed by atoms with Gasteiger partial charge >= 0.3 is 6.02 Å². The number of amides is 1. The van der Waals surface area contributed by atoms with Gasteiger partial charge in [0.25, 0.3) is 5.91 Å². The van der Waals surface area contributed by atoms with Crippen molar-refractivity contribution >= 4 is 23.3 Å². The normalized spacial score (nSPS) is 34.6. The van der Waals surface area contributed by atoms with Crippen LogP contribution in [-0.2, 0) is 16.0 Å². The van der Waals surface area contributed by atoms with Crippen molar-refractivity contribution < 1.29 is 18.3 Å². The van der Waals surface area contributed by atoms with Gasteiger partial charge in [-0.05, 0) is 98.7 Å². The minimum Gasteiger partial charge on any atom is -0.462 e. The Kier molecular flexibility index (Phi) is 5.67. The van der Waals surface area contributed by atoms with Crippen LogP contribution in [0.4, 0.5) is 8.78 Å². The molecule has 0 spiro atoms. The van der Waals surface area contributed by atoms with E-state index in [0.29, 0.717) is 49.5 Å². The van der Waals surface area contributed by atoms with Gasteiger partial charge < -0.3 is 14.5 Å². The van der Waals surface area contributed by atoms with Crippen molar-refractivity contribution in [3.05, 3.63) is 65.3 Å². The van der Waals surface area contributed by atoms with Gasteiger partial charge in [-0.2, -0.15) is 4.99 Å². The third-order valence-corrected chi connectivity index (χ3v) is 11.7. The fourth-order valence-corrected chi connectivity index (χ4v) is 9.44. The van der Waals surface area contributed by atoms with Crippen LogP contribution in [0.3, 0.4) is 0 Å². The third-order valence-electron chi connectivity index (χ3n) is 11.7. The Morgan fingerprint density at radius 2 is 1.98 bits per heavy atom. The van der Waals surface area contributed by atoms with E-state index in [9.17, 15) is 9.18 Å². The zero-order valence-corrected chi connectivity index (χ0v) is 24.4. The number of nitrogens with zero attached hydrogens (tertiary/aromatic N) is 5. The summed E-state index contributed by atoms with van der Waals surface area (Å²) in [6.07, 6.45) is 11.3. The molecule has 7 nitrogen and oxygen atoms in total. The summed E-state index contributed by atoms with van der Waals surface area (Å²) in [4.78, 5) is 28.7. The van der Waals surface area contributed by atoms with Crippen LogP contribution >= 0.6 is 0 Å². The lowest BCUT2D eigenvalue weighted by Crippen LogP contribution is -2.66. The van der Waals surface area contributed by atoms with Gasteiger partial charge in [0.05, 0.1) is 29.6 Å². The average Bonchev–Trinajstić information content (AvgIpc) is 3.28. The van der Waals surface area contributed by atoms with Crippen LogP contribution in [0, 0.1) is 11.8 Å². The molecule has 5 aliphatic heterocycles. The minimum atomic E-state index is -0.927. The summed E-state index contributed by atoms with van der Waals surface area (Å²) in [5.74, 6) is -0.157. The van der Waals surface area contributed by atoms with Gasteiger partial charge in [0.1, 0.15) is 18.3 Å². The van der Waals surface area contributed by atoms with Crippen LogP contribution < -0.4 is 0 Å². The van der Waals surface area contributed by atoms with Crippen LogP contribution in [0.15, 0.2) is 58.6 Å². The topological polar surface area (TPSA) is 60.7 Å². The summed E-state index contributed by atoms with van der Waals surface area (Å²) in [5.41, 5.74) is 4.37. The first-order valence-corrected chi connectivity index (χ1v) is 16.1. The number of likely N-dealkylation sites (tertiary alicyclic amines) is 2. The maximum absolute atomic E-state index is 16.1. The highest BCUT2D eigenvalue weighted by molar-refractivity contribution is 6.01. The maximum Gasteiger partial charge on any atom is 0.314 e. The number of rotatable bonds is 4. The number of amidine groups is 2. The molecule has 4 unspecified atom stereocenters. The number of hydrogen-bond acceptors (Lipinski definition) is 6. The zero-order valence-electron chi connectivity index (χ0n) is 24.4. The second-order valence-electron chi connectivity index (χ2n) is 13.9. The fraction of sp³-hybridized carbons (Fsp3) is 0.559. The van der Waals surface area contributed by atoms with Gasteiger partial charge in [-0.3, -0.25) is 9.69 Å². The molecule has 5 heterocycles. The van der Waals surface area contributed by atoms with Gasteiger partial charge in [0.2, 0.25) is 0 Å². The lowest BCUT2D eigenvalue weighted by Gasteiger charge is -2.50. The summed E-state index contributed by atoms with van der Waals surface area (Å²) < 4.78 is 36.3. The van der Waals surface area contributed by atoms with E-state index in [1.54, 1.807) is 11.0 Å². The van der Waals surface area contributed by atoms with Crippen LogP contribution in [-0.4, -0.2) is 88.9 Å². The molecule has 1 saturated carbocycles. The zero-order chi connectivity index (χ0) is 29.0. The number of carbonyl (C=O) groups excluding carboxylic acids is 1. The molecule has 8 aliphatic rings. The molecule has 4 saturated heterocycles. The van der Waals surface area contributed by atoms with E-state index in [4.69, 9.17) is 14.7 Å². The van der Waals surface area contributed by atoms with Crippen molar-refractivity contribution in [1.29, 1.82) is 0 Å². The summed E-state index contributed by atoms with van der Waals surface area (Å²) >= 11 is 0. The van der Waals surface area contributed by atoms with Crippen molar-refractivity contribution in [2.24, 2.45) is 21.8 Å². The number of allylic oxidation sites excluding steroid dienone is 2. The highest BCUT2D eigenvalue weighted by Gasteiger charge is 2.53. The second-order valence-corrected chi connectivity index (χ2v) is 13.9. The Bertz CT molecular complexity index is 1550. The van der Waals surface area contributed by atoms with Gasteiger partial charge in [-0.25, -0.2) is 13.8 Å². The highest BCUT2D eigenvalue weighted by atomic mass is 19.1. The average molecular weight is 586 g/mol. The second kappa shape index (κ2) is 9.34. The first kappa shape index (κ1) is 26.1. The number of halogens is 2. The molecule has 224 valence electrons. The summed E-state index contributed by atoms with van der Waals surface area (Å²) in [6.45, 7) is 7.00. The number of aliphatic imine (C=N–C) groups is 2. The van der Waals surface area contributed by atoms with Crippen molar-refractivity contribution in [1.82, 2.24) is 14.7 Å². The smallest absolute Gasteiger partial charge is 0.314 e. The van der Waals surface area contributed by atoms with Crippen molar-refractivity contribution in [2.45, 2.75) is 74.5 Å². The molecular weight excluding hydrogens is 548 g/mol. The van der Waals surface area contributed by atoms with Gasteiger partial charge in [-0.1, -0.05) is 24.8 Å². The largest absolute Gasteiger partial charge is 0.462 e. The Hall–Kier alpha value is -3.33. The number of fused-ring (bicyclic) bond motifs is 6. The molecule has 1 amide bonds. The number of carbonyl (C=O) groups is 1. The molecule has 6 atom stereocenters. The molecule has 1 aromatic carbocycles. The van der Waals surface area contributed by atoms with E-state index in [2.05, 4.69) is 34.6 Å². The molecular formula is C34H37F2N5O2. The lowest BCUT2D eigenvalue weighted by atomic mass is 9.83. The lowest BCUT2D eigenvalue weighted by molar-refractivity contribution is -0.131.